The summed E-state index contributed by atoms with van der Waals surface area (Å²) < 4.78 is 0. The average Bonchev–Trinajstić information content (AvgIpc) is 3.68. The van der Waals surface area contributed by atoms with E-state index in [4.69, 9.17) is 0 Å². The second-order valence-corrected chi connectivity index (χ2v) is 10.9. The van der Waals surface area contributed by atoms with E-state index >= 15 is 0 Å². The molecular weight excluding hydrogens is 500 g/mol. The fraction of sp³-hybridized carbons (Fsp3) is 0.345. The van der Waals surface area contributed by atoms with Crippen LogP contribution >= 0.6 is 11.3 Å². The highest BCUT2D eigenvalue weighted by Crippen LogP contribution is 2.32. The van der Waals surface area contributed by atoms with Gasteiger partial charge in [-0.15, -0.1) is 11.3 Å². The van der Waals surface area contributed by atoms with E-state index in [0.717, 1.165) is 10.4 Å². The Kier molecular flexibility index (Phi) is 7.64. The predicted molar refractivity (Wildman–Crippen MR) is 145 cm³/mol. The number of rotatable bonds is 8. The number of amides is 3. The Morgan fingerprint density at radius 2 is 1.89 bits per heavy atom. The van der Waals surface area contributed by atoms with Gasteiger partial charge in [0, 0.05) is 42.3 Å². The monoisotopic (exact) mass is 530 g/mol. The van der Waals surface area contributed by atoms with E-state index in [1.54, 1.807) is 39.5 Å². The normalized spacial score (nSPS) is 19.3. The molecule has 0 radical (unpaired) electrons. The van der Waals surface area contributed by atoms with Gasteiger partial charge in [0.05, 0.1) is 18.2 Å². The molecule has 2 saturated heterocycles. The van der Waals surface area contributed by atoms with Gasteiger partial charge in [0.2, 0.25) is 5.91 Å². The number of ketones is 1. The van der Waals surface area contributed by atoms with Crippen LogP contribution in [0.2, 0.25) is 0 Å². The van der Waals surface area contributed by atoms with Gasteiger partial charge in [-0.05, 0) is 60.0 Å². The summed E-state index contributed by atoms with van der Waals surface area (Å²) in [6.45, 7) is 2.91. The molecule has 3 atom stereocenters. The Morgan fingerprint density at radius 1 is 1.08 bits per heavy atom. The molecule has 0 saturated carbocycles. The molecule has 1 N–H and O–H groups in total. The first kappa shape index (κ1) is 25.8. The van der Waals surface area contributed by atoms with Crippen LogP contribution < -0.4 is 5.32 Å². The van der Waals surface area contributed by atoms with Crippen LogP contribution in [0, 0.1) is 5.92 Å². The molecule has 38 heavy (non-hydrogen) atoms. The van der Waals surface area contributed by atoms with Crippen molar-refractivity contribution in [3.05, 3.63) is 77.4 Å². The second kappa shape index (κ2) is 11.3. The van der Waals surface area contributed by atoms with Crippen molar-refractivity contribution < 1.29 is 19.2 Å². The molecular formula is C29H30N4O4S. The van der Waals surface area contributed by atoms with E-state index in [9.17, 15) is 19.2 Å². The maximum Gasteiger partial charge on any atom is 0.256 e. The number of aromatic nitrogens is 1. The summed E-state index contributed by atoms with van der Waals surface area (Å²) >= 11 is 1.66. The number of benzene rings is 1. The van der Waals surface area contributed by atoms with Gasteiger partial charge in [-0.25, -0.2) is 0 Å². The van der Waals surface area contributed by atoms with Crippen molar-refractivity contribution in [1.29, 1.82) is 0 Å². The molecule has 0 spiro atoms. The summed E-state index contributed by atoms with van der Waals surface area (Å²) in [5.74, 6) is -0.502. The van der Waals surface area contributed by atoms with Gasteiger partial charge >= 0.3 is 0 Å². The van der Waals surface area contributed by atoms with Crippen molar-refractivity contribution in [2.45, 2.75) is 38.3 Å². The molecule has 2 fully saturated rings. The van der Waals surface area contributed by atoms with Crippen LogP contribution in [-0.2, 0) is 9.59 Å². The number of carbonyl (C=O) groups is 4. The lowest BCUT2D eigenvalue weighted by Gasteiger charge is -2.25. The maximum atomic E-state index is 13.1. The van der Waals surface area contributed by atoms with Crippen molar-refractivity contribution in [3.8, 4) is 10.4 Å². The van der Waals surface area contributed by atoms with E-state index < -0.39 is 6.04 Å². The summed E-state index contributed by atoms with van der Waals surface area (Å²) in [5.41, 5.74) is 2.13. The van der Waals surface area contributed by atoms with Gasteiger partial charge in [-0.1, -0.05) is 25.1 Å². The Labute approximate surface area is 225 Å². The quantitative estimate of drug-likeness (QED) is 0.479. The first-order valence-corrected chi connectivity index (χ1v) is 13.8. The van der Waals surface area contributed by atoms with Crippen LogP contribution in [0.1, 0.15) is 46.9 Å². The van der Waals surface area contributed by atoms with E-state index in [2.05, 4.69) is 10.3 Å². The lowest BCUT2D eigenvalue weighted by Crippen LogP contribution is -2.44. The van der Waals surface area contributed by atoms with Gasteiger partial charge in [0.1, 0.15) is 6.04 Å². The number of nitrogens with zero attached hydrogens (tertiary/aromatic N) is 3. The maximum absolute atomic E-state index is 13.1. The molecule has 8 nitrogen and oxygen atoms in total. The Morgan fingerprint density at radius 3 is 2.61 bits per heavy atom. The summed E-state index contributed by atoms with van der Waals surface area (Å²) in [7, 11) is 0. The van der Waals surface area contributed by atoms with Crippen LogP contribution in [0.15, 0.2) is 66.3 Å². The molecule has 5 rings (SSSR count). The zero-order valence-electron chi connectivity index (χ0n) is 21.2. The SMILES string of the molecule is CC(CCNC(=O)c1ccc(-c2cccs2)cc1)CC(=O)N1CCC2C1C(=O)CN2C(=O)c1cccnc1. The molecule has 3 aromatic rings. The Bertz CT molecular complexity index is 1310. The fourth-order valence-electron chi connectivity index (χ4n) is 5.31. The largest absolute Gasteiger partial charge is 0.352 e. The van der Waals surface area contributed by atoms with Gasteiger partial charge < -0.3 is 15.1 Å². The molecule has 9 heteroatoms. The van der Waals surface area contributed by atoms with Crippen molar-refractivity contribution >= 4 is 34.8 Å². The van der Waals surface area contributed by atoms with E-state index in [0.29, 0.717) is 43.5 Å². The number of pyridine rings is 1. The summed E-state index contributed by atoms with van der Waals surface area (Å²) in [4.78, 5) is 59.8. The van der Waals surface area contributed by atoms with Crippen LogP contribution in [-0.4, -0.2) is 70.0 Å². The fourth-order valence-corrected chi connectivity index (χ4v) is 6.04. The topological polar surface area (TPSA) is 99.7 Å². The zero-order valence-corrected chi connectivity index (χ0v) is 22.0. The third-order valence-electron chi connectivity index (χ3n) is 7.31. The molecule has 0 aliphatic carbocycles. The number of likely N-dealkylation sites (tertiary alicyclic amines) is 2. The molecule has 2 aliphatic rings. The zero-order chi connectivity index (χ0) is 26.6. The predicted octanol–water partition coefficient (Wildman–Crippen LogP) is 3.65. The number of hydrogen-bond donors (Lipinski definition) is 1. The number of thiophene rings is 1. The molecule has 3 amide bonds. The number of Topliss-reactive ketones (excluding diaryl/α,β-unsaturated/α-hetero) is 1. The highest BCUT2D eigenvalue weighted by molar-refractivity contribution is 7.13. The van der Waals surface area contributed by atoms with Crippen molar-refractivity contribution in [3.63, 3.8) is 0 Å². The first-order chi connectivity index (χ1) is 18.4. The van der Waals surface area contributed by atoms with Crippen molar-refractivity contribution in [1.82, 2.24) is 20.1 Å². The van der Waals surface area contributed by atoms with E-state index in [1.807, 2.05) is 48.7 Å². The molecule has 0 bridgehead atoms. The Balaban J connectivity index is 1.10. The lowest BCUT2D eigenvalue weighted by atomic mass is 10.0. The highest BCUT2D eigenvalue weighted by Gasteiger charge is 2.51. The molecule has 196 valence electrons. The van der Waals surface area contributed by atoms with Gasteiger partial charge in [-0.2, -0.15) is 0 Å². The van der Waals surface area contributed by atoms with E-state index in [-0.39, 0.29) is 42.0 Å². The van der Waals surface area contributed by atoms with E-state index in [1.165, 1.54) is 6.20 Å². The van der Waals surface area contributed by atoms with Crippen molar-refractivity contribution in [2.24, 2.45) is 5.92 Å². The summed E-state index contributed by atoms with van der Waals surface area (Å²) in [6, 6.07) is 14.1. The molecule has 1 aromatic carbocycles. The van der Waals surface area contributed by atoms with Crippen molar-refractivity contribution in [2.75, 3.05) is 19.6 Å². The minimum atomic E-state index is -0.577. The number of carbonyl (C=O) groups excluding carboxylic acids is 4. The minimum Gasteiger partial charge on any atom is -0.352 e. The summed E-state index contributed by atoms with van der Waals surface area (Å²) in [6.07, 6.45) is 4.62. The van der Waals surface area contributed by atoms with Crippen LogP contribution in [0.3, 0.4) is 0 Å². The summed E-state index contributed by atoms with van der Waals surface area (Å²) in [5, 5.41) is 4.96. The molecule has 4 heterocycles. The number of nitrogens with one attached hydrogen (secondary N) is 1. The lowest BCUT2D eigenvalue weighted by molar-refractivity contribution is -0.137. The third-order valence-corrected chi connectivity index (χ3v) is 8.23. The molecule has 2 aliphatic heterocycles. The second-order valence-electron chi connectivity index (χ2n) is 9.94. The van der Waals surface area contributed by atoms with Crippen LogP contribution in [0.5, 0.6) is 0 Å². The molecule has 2 aromatic heterocycles. The van der Waals surface area contributed by atoms with Gasteiger partial charge in [-0.3, -0.25) is 24.2 Å². The first-order valence-electron chi connectivity index (χ1n) is 12.9. The average molecular weight is 531 g/mol. The number of fused-ring (bicyclic) bond motifs is 1. The Hall–Kier alpha value is -3.85. The molecule has 3 unspecified atom stereocenters. The number of hydrogen-bond acceptors (Lipinski definition) is 6. The van der Waals surface area contributed by atoms with Crippen LogP contribution in [0.4, 0.5) is 0 Å². The van der Waals surface area contributed by atoms with Gasteiger partial charge in [0.25, 0.3) is 11.8 Å². The van der Waals surface area contributed by atoms with Crippen LogP contribution in [0.25, 0.3) is 10.4 Å². The highest BCUT2D eigenvalue weighted by atomic mass is 32.1. The third kappa shape index (κ3) is 5.38. The smallest absolute Gasteiger partial charge is 0.256 e. The standard InChI is InChI=1S/C29H30N4O4S/c1-19(10-13-31-28(36)21-8-6-20(7-9-21)25-5-3-15-38-25)16-26(35)32-14-11-23-27(32)24(34)18-33(23)29(37)22-4-2-12-30-17-22/h2-9,12,15,17,19,23,27H,10-11,13-14,16,18H2,1H3,(H,31,36). The minimum absolute atomic E-state index is 0.0166. The van der Waals surface area contributed by atoms with Gasteiger partial charge in [0.15, 0.2) is 5.78 Å².